The molecule has 0 fully saturated rings. The predicted molar refractivity (Wildman–Crippen MR) is 47.1 cm³/mol. The van der Waals surface area contributed by atoms with Crippen LogP contribution in [0.4, 0.5) is 0 Å². The van der Waals surface area contributed by atoms with Crippen LogP contribution in [0, 0.1) is 0 Å². The SMILES string of the molecule is C=C(Oc1ccccc1O)C(N)=O. The van der Waals surface area contributed by atoms with Crippen LogP contribution >= 0.6 is 0 Å². The van der Waals surface area contributed by atoms with E-state index in [4.69, 9.17) is 10.5 Å². The number of phenolic OH excluding ortho intramolecular Hbond substituents is 1. The first-order chi connectivity index (χ1) is 6.11. The van der Waals surface area contributed by atoms with Crippen molar-refractivity contribution in [3.8, 4) is 11.5 Å². The topological polar surface area (TPSA) is 72.6 Å². The van der Waals surface area contributed by atoms with Gasteiger partial charge < -0.3 is 15.6 Å². The number of benzene rings is 1. The Morgan fingerprint density at radius 1 is 1.46 bits per heavy atom. The van der Waals surface area contributed by atoms with Crippen LogP contribution in [-0.4, -0.2) is 11.0 Å². The Morgan fingerprint density at radius 3 is 2.62 bits per heavy atom. The van der Waals surface area contributed by atoms with Crippen molar-refractivity contribution in [2.24, 2.45) is 5.73 Å². The van der Waals surface area contributed by atoms with Crippen molar-refractivity contribution in [3.05, 3.63) is 36.6 Å². The first-order valence-corrected chi connectivity index (χ1v) is 3.56. The van der Waals surface area contributed by atoms with Crippen molar-refractivity contribution in [2.75, 3.05) is 0 Å². The number of primary amides is 1. The van der Waals surface area contributed by atoms with E-state index in [1.54, 1.807) is 12.1 Å². The van der Waals surface area contributed by atoms with Crippen molar-refractivity contribution in [3.63, 3.8) is 0 Å². The van der Waals surface area contributed by atoms with Gasteiger partial charge in [0.15, 0.2) is 17.3 Å². The van der Waals surface area contributed by atoms with Gasteiger partial charge in [0.1, 0.15) is 0 Å². The van der Waals surface area contributed by atoms with Gasteiger partial charge in [0, 0.05) is 0 Å². The fourth-order valence-corrected chi connectivity index (χ4v) is 0.726. The molecule has 0 atom stereocenters. The van der Waals surface area contributed by atoms with Crippen molar-refractivity contribution < 1.29 is 14.6 Å². The smallest absolute Gasteiger partial charge is 0.283 e. The molecule has 1 aromatic carbocycles. The van der Waals surface area contributed by atoms with Gasteiger partial charge in [-0.1, -0.05) is 18.7 Å². The van der Waals surface area contributed by atoms with Crippen LogP contribution in [0.5, 0.6) is 11.5 Å². The Hall–Kier alpha value is -1.97. The first-order valence-electron chi connectivity index (χ1n) is 3.56. The maximum Gasteiger partial charge on any atom is 0.283 e. The summed E-state index contributed by atoms with van der Waals surface area (Å²) in [5, 5.41) is 9.22. The van der Waals surface area contributed by atoms with Crippen LogP contribution in [0.1, 0.15) is 0 Å². The fraction of sp³-hybridized carbons (Fsp3) is 0. The van der Waals surface area contributed by atoms with Gasteiger partial charge in [0.25, 0.3) is 5.91 Å². The van der Waals surface area contributed by atoms with Crippen molar-refractivity contribution in [2.45, 2.75) is 0 Å². The van der Waals surface area contributed by atoms with Crippen molar-refractivity contribution >= 4 is 5.91 Å². The van der Waals surface area contributed by atoms with E-state index in [1.165, 1.54) is 12.1 Å². The number of amides is 1. The Kier molecular flexibility index (Phi) is 2.54. The molecule has 1 aromatic rings. The van der Waals surface area contributed by atoms with Crippen LogP contribution in [-0.2, 0) is 4.79 Å². The molecule has 0 radical (unpaired) electrons. The summed E-state index contributed by atoms with van der Waals surface area (Å²) in [6, 6.07) is 6.23. The van der Waals surface area contributed by atoms with Crippen LogP contribution < -0.4 is 10.5 Å². The van der Waals surface area contributed by atoms with E-state index >= 15 is 0 Å². The molecule has 4 heteroatoms. The summed E-state index contributed by atoms with van der Waals surface area (Å²) < 4.78 is 4.89. The van der Waals surface area contributed by atoms with E-state index in [9.17, 15) is 9.90 Å². The van der Waals surface area contributed by atoms with E-state index in [0.29, 0.717) is 0 Å². The second-order valence-electron chi connectivity index (χ2n) is 2.36. The fourth-order valence-electron chi connectivity index (χ4n) is 0.726. The lowest BCUT2D eigenvalue weighted by Crippen LogP contribution is -2.17. The average Bonchev–Trinajstić information content (AvgIpc) is 2.08. The third-order valence-electron chi connectivity index (χ3n) is 1.37. The number of aromatic hydroxyl groups is 1. The van der Waals surface area contributed by atoms with Gasteiger partial charge >= 0.3 is 0 Å². The summed E-state index contributed by atoms with van der Waals surface area (Å²) in [6.07, 6.45) is 0. The number of rotatable bonds is 3. The lowest BCUT2D eigenvalue weighted by atomic mass is 10.3. The van der Waals surface area contributed by atoms with Gasteiger partial charge in [-0.15, -0.1) is 0 Å². The molecule has 0 saturated heterocycles. The number of hydrogen-bond acceptors (Lipinski definition) is 3. The molecule has 13 heavy (non-hydrogen) atoms. The Morgan fingerprint density at radius 2 is 2.08 bits per heavy atom. The molecule has 0 bridgehead atoms. The monoisotopic (exact) mass is 179 g/mol. The molecule has 0 saturated carbocycles. The lowest BCUT2D eigenvalue weighted by molar-refractivity contribution is -0.116. The summed E-state index contributed by atoms with van der Waals surface area (Å²) in [5.41, 5.74) is 4.89. The minimum atomic E-state index is -0.761. The third-order valence-corrected chi connectivity index (χ3v) is 1.37. The molecule has 1 amide bonds. The van der Waals surface area contributed by atoms with Crippen molar-refractivity contribution in [1.82, 2.24) is 0 Å². The third kappa shape index (κ3) is 2.23. The molecular weight excluding hydrogens is 170 g/mol. The highest BCUT2D eigenvalue weighted by atomic mass is 16.5. The van der Waals surface area contributed by atoms with Crippen LogP contribution in [0.15, 0.2) is 36.6 Å². The normalized spacial score (nSPS) is 9.23. The van der Waals surface area contributed by atoms with Gasteiger partial charge in [0.05, 0.1) is 0 Å². The number of carbonyl (C=O) groups is 1. The van der Waals surface area contributed by atoms with Crippen LogP contribution in [0.3, 0.4) is 0 Å². The lowest BCUT2D eigenvalue weighted by Gasteiger charge is -2.06. The molecule has 1 rings (SSSR count). The Balaban J connectivity index is 2.81. The standard InChI is InChI=1S/C9H9NO3/c1-6(9(10)12)13-8-5-3-2-4-7(8)11/h2-5,11H,1H2,(H2,10,12). The van der Waals surface area contributed by atoms with E-state index in [2.05, 4.69) is 6.58 Å². The highest BCUT2D eigenvalue weighted by molar-refractivity contribution is 5.89. The minimum absolute atomic E-state index is 0.0649. The zero-order chi connectivity index (χ0) is 9.84. The molecule has 0 aromatic heterocycles. The highest BCUT2D eigenvalue weighted by Gasteiger charge is 2.06. The second-order valence-corrected chi connectivity index (χ2v) is 2.36. The zero-order valence-electron chi connectivity index (χ0n) is 6.86. The predicted octanol–water partition coefficient (Wildman–Crippen LogP) is 0.770. The number of para-hydroxylation sites is 2. The maximum absolute atomic E-state index is 10.5. The summed E-state index contributed by atoms with van der Waals surface area (Å²) in [7, 11) is 0. The zero-order valence-corrected chi connectivity index (χ0v) is 6.86. The summed E-state index contributed by atoms with van der Waals surface area (Å²) in [5.74, 6) is -0.874. The van der Waals surface area contributed by atoms with Gasteiger partial charge in [-0.2, -0.15) is 0 Å². The van der Waals surface area contributed by atoms with Gasteiger partial charge in [-0.05, 0) is 12.1 Å². The molecule has 0 heterocycles. The Labute approximate surface area is 75.2 Å². The van der Waals surface area contributed by atoms with Gasteiger partial charge in [0.2, 0.25) is 0 Å². The number of phenols is 1. The molecule has 0 aliphatic heterocycles. The molecule has 0 unspecified atom stereocenters. The number of hydrogen-bond donors (Lipinski definition) is 2. The summed E-state index contributed by atoms with van der Waals surface area (Å²) in [6.45, 7) is 3.28. The number of ether oxygens (including phenoxy) is 1. The molecule has 0 aliphatic carbocycles. The maximum atomic E-state index is 10.5. The molecule has 68 valence electrons. The van der Waals surface area contributed by atoms with Crippen LogP contribution in [0.25, 0.3) is 0 Å². The molecule has 4 nitrogen and oxygen atoms in total. The molecule has 3 N–H and O–H groups in total. The number of carbonyl (C=O) groups excluding carboxylic acids is 1. The minimum Gasteiger partial charge on any atom is -0.504 e. The van der Waals surface area contributed by atoms with E-state index in [1.807, 2.05) is 0 Å². The quantitative estimate of drug-likeness (QED) is 0.531. The van der Waals surface area contributed by atoms with Crippen LogP contribution in [0.2, 0.25) is 0 Å². The van der Waals surface area contributed by atoms with Gasteiger partial charge in [-0.3, -0.25) is 4.79 Å². The Bertz CT molecular complexity index is 346. The summed E-state index contributed by atoms with van der Waals surface area (Å²) >= 11 is 0. The van der Waals surface area contributed by atoms with E-state index in [0.717, 1.165) is 0 Å². The van der Waals surface area contributed by atoms with E-state index < -0.39 is 5.91 Å². The molecular formula is C9H9NO3. The van der Waals surface area contributed by atoms with Crippen molar-refractivity contribution in [1.29, 1.82) is 0 Å². The second kappa shape index (κ2) is 3.62. The van der Waals surface area contributed by atoms with Gasteiger partial charge in [-0.25, -0.2) is 0 Å². The van der Waals surface area contributed by atoms with E-state index in [-0.39, 0.29) is 17.3 Å². The highest BCUT2D eigenvalue weighted by Crippen LogP contribution is 2.25. The number of nitrogens with two attached hydrogens (primary N) is 1. The largest absolute Gasteiger partial charge is 0.504 e. The molecule has 0 aliphatic rings. The first kappa shape index (κ1) is 9.12. The molecule has 0 spiro atoms. The summed E-state index contributed by atoms with van der Waals surface area (Å²) in [4.78, 5) is 10.5. The average molecular weight is 179 g/mol.